The number of carbonyl (C=O) groups excluding carboxylic acids is 1. The van der Waals surface area contributed by atoms with E-state index in [0.29, 0.717) is 24.6 Å². The zero-order valence-corrected chi connectivity index (χ0v) is 17.7. The van der Waals surface area contributed by atoms with Crippen molar-refractivity contribution >= 4 is 17.4 Å². The van der Waals surface area contributed by atoms with Crippen LogP contribution in [0.5, 0.6) is 0 Å². The van der Waals surface area contributed by atoms with Gasteiger partial charge in [-0.2, -0.15) is 0 Å². The Kier molecular flexibility index (Phi) is 5.24. The molecule has 0 bridgehead atoms. The van der Waals surface area contributed by atoms with E-state index in [4.69, 9.17) is 4.98 Å². The molecular weight excluding hydrogens is 406 g/mol. The molecule has 1 aromatic carbocycles. The fourth-order valence-corrected chi connectivity index (χ4v) is 3.88. The van der Waals surface area contributed by atoms with Crippen molar-refractivity contribution < 1.29 is 9.90 Å². The van der Waals surface area contributed by atoms with Crippen molar-refractivity contribution in [2.75, 3.05) is 31.1 Å². The summed E-state index contributed by atoms with van der Waals surface area (Å²) in [7, 11) is 0. The van der Waals surface area contributed by atoms with Crippen LogP contribution in [0.25, 0.3) is 28.4 Å². The summed E-state index contributed by atoms with van der Waals surface area (Å²) in [5, 5.41) is 9.27. The normalized spacial score (nSPS) is 14.2. The van der Waals surface area contributed by atoms with Gasteiger partial charge in [0.1, 0.15) is 11.5 Å². The molecule has 1 N–H and O–H groups in total. The smallest absolute Gasteiger partial charge is 0.219 e. The van der Waals surface area contributed by atoms with Crippen LogP contribution < -0.4 is 4.90 Å². The molecule has 4 heterocycles. The second kappa shape index (κ2) is 8.35. The zero-order chi connectivity index (χ0) is 22.1. The second-order valence-electron chi connectivity index (χ2n) is 7.73. The van der Waals surface area contributed by atoms with Crippen LogP contribution in [0.2, 0.25) is 0 Å². The molecule has 4 aromatic rings. The van der Waals surface area contributed by atoms with E-state index < -0.39 is 0 Å². The van der Waals surface area contributed by atoms with Gasteiger partial charge in [-0.05, 0) is 11.6 Å². The number of aromatic nitrogens is 5. The first-order valence-electron chi connectivity index (χ1n) is 10.5. The van der Waals surface area contributed by atoms with Gasteiger partial charge >= 0.3 is 0 Å². The lowest BCUT2D eigenvalue weighted by atomic mass is 10.1. The Morgan fingerprint density at radius 2 is 1.78 bits per heavy atom. The molecule has 0 spiro atoms. The summed E-state index contributed by atoms with van der Waals surface area (Å²) in [6.45, 7) is 4.47. The summed E-state index contributed by atoms with van der Waals surface area (Å²) in [6.07, 6.45) is 7.16. The van der Waals surface area contributed by atoms with E-state index in [2.05, 4.69) is 19.9 Å². The Morgan fingerprint density at radius 1 is 1.00 bits per heavy atom. The zero-order valence-electron chi connectivity index (χ0n) is 17.7. The van der Waals surface area contributed by atoms with Crippen LogP contribution in [-0.4, -0.2) is 66.4 Å². The number of rotatable bonds is 4. The molecule has 162 valence electrons. The highest BCUT2D eigenvalue weighted by Crippen LogP contribution is 2.24. The molecule has 9 heteroatoms. The van der Waals surface area contributed by atoms with Gasteiger partial charge in [0, 0.05) is 51.1 Å². The molecule has 0 atom stereocenters. The molecule has 1 amide bonds. The fourth-order valence-electron chi connectivity index (χ4n) is 3.88. The second-order valence-corrected chi connectivity index (χ2v) is 7.73. The number of nitrogens with zero attached hydrogens (tertiary/aromatic N) is 7. The van der Waals surface area contributed by atoms with E-state index in [1.54, 1.807) is 25.5 Å². The SMILES string of the molecule is CC(=O)N1CCN(c2ccnc(-c3cnc4cnc(-c5ccc(CO)cc5)cn34)n2)CC1. The maximum Gasteiger partial charge on any atom is 0.219 e. The minimum absolute atomic E-state index is 0.00981. The number of amides is 1. The van der Waals surface area contributed by atoms with Gasteiger partial charge in [-0.15, -0.1) is 0 Å². The molecule has 0 unspecified atom stereocenters. The van der Waals surface area contributed by atoms with Gasteiger partial charge in [-0.3, -0.25) is 14.2 Å². The van der Waals surface area contributed by atoms with Crippen molar-refractivity contribution in [1.82, 2.24) is 29.2 Å². The lowest BCUT2D eigenvalue weighted by molar-refractivity contribution is -0.129. The van der Waals surface area contributed by atoms with Crippen molar-refractivity contribution in [3.05, 3.63) is 60.7 Å². The molecule has 32 heavy (non-hydrogen) atoms. The molecule has 1 aliphatic heterocycles. The van der Waals surface area contributed by atoms with E-state index in [9.17, 15) is 9.90 Å². The molecule has 0 radical (unpaired) electrons. The summed E-state index contributed by atoms with van der Waals surface area (Å²) >= 11 is 0. The number of aliphatic hydroxyl groups is 1. The van der Waals surface area contributed by atoms with Crippen LogP contribution in [-0.2, 0) is 11.4 Å². The van der Waals surface area contributed by atoms with Crippen molar-refractivity contribution in [3.8, 4) is 22.8 Å². The van der Waals surface area contributed by atoms with Crippen LogP contribution in [0.1, 0.15) is 12.5 Å². The predicted molar refractivity (Wildman–Crippen MR) is 120 cm³/mol. The van der Waals surface area contributed by atoms with Crippen molar-refractivity contribution in [2.24, 2.45) is 0 Å². The van der Waals surface area contributed by atoms with Crippen molar-refractivity contribution in [3.63, 3.8) is 0 Å². The van der Waals surface area contributed by atoms with Crippen LogP contribution in [0.15, 0.2) is 55.1 Å². The third-order valence-electron chi connectivity index (χ3n) is 5.75. The highest BCUT2D eigenvalue weighted by Gasteiger charge is 2.20. The number of aliphatic hydroxyl groups excluding tert-OH is 1. The number of hydrogen-bond donors (Lipinski definition) is 1. The Balaban J connectivity index is 1.46. The Morgan fingerprint density at radius 3 is 2.50 bits per heavy atom. The van der Waals surface area contributed by atoms with Gasteiger partial charge < -0.3 is 14.9 Å². The van der Waals surface area contributed by atoms with Gasteiger partial charge in [-0.1, -0.05) is 24.3 Å². The highest BCUT2D eigenvalue weighted by atomic mass is 16.3. The molecular formula is C23H23N7O2. The maximum atomic E-state index is 11.6. The molecule has 0 saturated carbocycles. The predicted octanol–water partition coefficient (Wildman–Crippen LogP) is 2.01. The molecule has 1 saturated heterocycles. The third kappa shape index (κ3) is 3.78. The third-order valence-corrected chi connectivity index (χ3v) is 5.75. The average Bonchev–Trinajstić information content (AvgIpc) is 3.27. The lowest BCUT2D eigenvalue weighted by Gasteiger charge is -2.34. The van der Waals surface area contributed by atoms with Crippen molar-refractivity contribution in [2.45, 2.75) is 13.5 Å². The van der Waals surface area contributed by atoms with E-state index >= 15 is 0 Å². The fraction of sp³-hybridized carbons (Fsp3) is 0.261. The highest BCUT2D eigenvalue weighted by molar-refractivity contribution is 5.73. The van der Waals surface area contributed by atoms with Crippen LogP contribution in [0.4, 0.5) is 5.82 Å². The van der Waals surface area contributed by atoms with E-state index in [0.717, 1.165) is 41.4 Å². The summed E-state index contributed by atoms with van der Waals surface area (Å²) in [6, 6.07) is 9.54. The Hall–Kier alpha value is -3.85. The minimum atomic E-state index is 0.00981. The number of anilines is 1. The number of imidazole rings is 1. The standard InChI is InChI=1S/C23H23N7O2/c1-16(32)28-8-10-29(11-9-28)21-6-7-24-23(27-21)20-12-26-22-13-25-19(14-30(20)22)18-4-2-17(15-31)3-5-18/h2-7,12-14,31H,8-11,15H2,1H3. The first kappa shape index (κ1) is 20.1. The monoisotopic (exact) mass is 429 g/mol. The van der Waals surface area contributed by atoms with Crippen LogP contribution in [0.3, 0.4) is 0 Å². The summed E-state index contributed by atoms with van der Waals surface area (Å²) in [4.78, 5) is 33.9. The molecule has 1 aliphatic rings. The number of carbonyl (C=O) groups is 1. The van der Waals surface area contributed by atoms with E-state index in [-0.39, 0.29) is 12.5 Å². The largest absolute Gasteiger partial charge is 0.392 e. The number of benzene rings is 1. The molecule has 1 fully saturated rings. The number of fused-ring (bicyclic) bond motifs is 1. The quantitative estimate of drug-likeness (QED) is 0.530. The van der Waals surface area contributed by atoms with Crippen LogP contribution >= 0.6 is 0 Å². The Bertz CT molecular complexity index is 1260. The summed E-state index contributed by atoms with van der Waals surface area (Å²) in [5.41, 5.74) is 4.08. The first-order valence-corrected chi connectivity index (χ1v) is 10.5. The van der Waals surface area contributed by atoms with Gasteiger partial charge in [0.25, 0.3) is 0 Å². The number of hydrogen-bond acceptors (Lipinski definition) is 7. The topological polar surface area (TPSA) is 99.8 Å². The summed E-state index contributed by atoms with van der Waals surface area (Å²) < 4.78 is 1.94. The molecule has 0 aliphatic carbocycles. The van der Waals surface area contributed by atoms with E-state index in [1.807, 2.05) is 45.8 Å². The average molecular weight is 429 g/mol. The van der Waals surface area contributed by atoms with Gasteiger partial charge in [0.2, 0.25) is 5.91 Å². The van der Waals surface area contributed by atoms with Crippen molar-refractivity contribution in [1.29, 1.82) is 0 Å². The van der Waals surface area contributed by atoms with Crippen LogP contribution in [0, 0.1) is 0 Å². The summed E-state index contributed by atoms with van der Waals surface area (Å²) in [5.74, 6) is 1.52. The van der Waals surface area contributed by atoms with E-state index in [1.165, 1.54) is 0 Å². The molecule has 9 nitrogen and oxygen atoms in total. The first-order chi connectivity index (χ1) is 15.6. The Labute approximate surface area is 185 Å². The molecule has 3 aromatic heterocycles. The van der Waals surface area contributed by atoms with Gasteiger partial charge in [0.05, 0.1) is 24.7 Å². The maximum absolute atomic E-state index is 11.6. The minimum Gasteiger partial charge on any atom is -0.392 e. The van der Waals surface area contributed by atoms with Gasteiger partial charge in [0.15, 0.2) is 11.5 Å². The number of piperazine rings is 1. The molecule has 5 rings (SSSR count). The van der Waals surface area contributed by atoms with Gasteiger partial charge in [-0.25, -0.2) is 15.0 Å². The lowest BCUT2D eigenvalue weighted by Crippen LogP contribution is -2.48.